The molecule has 0 amide bonds. The molecule has 0 aromatic carbocycles. The van der Waals surface area contributed by atoms with Crippen molar-refractivity contribution in [2.75, 3.05) is 7.11 Å². The molecule has 0 spiro atoms. The van der Waals surface area contributed by atoms with Crippen LogP contribution in [-0.2, 0) is 8.85 Å². The normalized spacial score (nSPS) is 31.3. The minimum absolute atomic E-state index is 0.0632. The minimum atomic E-state index is -2.03. The quantitative estimate of drug-likeness (QED) is 0.568. The van der Waals surface area contributed by atoms with E-state index in [0.29, 0.717) is 0 Å². The Balaban J connectivity index is 2.59. The van der Waals surface area contributed by atoms with Gasteiger partial charge in [-0.05, 0) is 0 Å². The van der Waals surface area contributed by atoms with Crippen molar-refractivity contribution in [1.29, 1.82) is 0 Å². The third-order valence-corrected chi connectivity index (χ3v) is 6.17. The summed E-state index contributed by atoms with van der Waals surface area (Å²) in [6.07, 6.45) is 2.44. The van der Waals surface area contributed by atoms with Gasteiger partial charge in [-0.15, -0.1) is 0 Å². The Hall–Kier alpha value is 0.137. The van der Waals surface area contributed by atoms with Gasteiger partial charge in [0.1, 0.15) is 0 Å². The number of rotatable bonds is 1. The van der Waals surface area contributed by atoms with Crippen LogP contribution in [0.15, 0.2) is 0 Å². The van der Waals surface area contributed by atoms with Crippen molar-refractivity contribution in [2.45, 2.75) is 44.9 Å². The Kier molecular flexibility index (Phi) is 2.42. The molecule has 3 heteroatoms. The molecule has 0 aromatic heterocycles. The molecule has 0 saturated carbocycles. The predicted molar refractivity (Wildman–Crippen MR) is 49.2 cm³/mol. The second kappa shape index (κ2) is 2.88. The van der Waals surface area contributed by atoms with E-state index < -0.39 is 8.56 Å². The van der Waals surface area contributed by atoms with Crippen LogP contribution in [0.25, 0.3) is 0 Å². The van der Waals surface area contributed by atoms with Crippen LogP contribution in [0.2, 0.25) is 12.6 Å². The van der Waals surface area contributed by atoms with Gasteiger partial charge in [0.15, 0.2) is 0 Å². The van der Waals surface area contributed by atoms with Crippen LogP contribution in [-0.4, -0.2) is 21.3 Å². The monoisotopic (exact) mass is 175 g/mol. The number of hydrogen-bond donors (Lipinski definition) is 0. The van der Waals surface area contributed by atoms with Gasteiger partial charge >= 0.3 is 69.4 Å². The molecule has 11 heavy (non-hydrogen) atoms. The van der Waals surface area contributed by atoms with Crippen molar-refractivity contribution in [3.63, 3.8) is 0 Å². The zero-order chi connectivity index (χ0) is 8.54. The van der Waals surface area contributed by atoms with Crippen molar-refractivity contribution in [3.05, 3.63) is 0 Å². The molecular formula is C8H19O2Si-. The molecule has 68 valence electrons. The van der Waals surface area contributed by atoms with Crippen LogP contribution in [0.1, 0.15) is 26.7 Å². The maximum atomic E-state index is 5.95. The summed E-state index contributed by atoms with van der Waals surface area (Å²) in [4.78, 5) is 0. The molecule has 0 atom stereocenters. The van der Waals surface area contributed by atoms with E-state index in [-0.39, 0.29) is 5.60 Å². The summed E-state index contributed by atoms with van der Waals surface area (Å²) in [6.45, 7) is 6.49. The first kappa shape index (κ1) is 9.23. The molecule has 0 bridgehead atoms. The van der Waals surface area contributed by atoms with Crippen LogP contribution in [0, 0.1) is 0 Å². The van der Waals surface area contributed by atoms with Gasteiger partial charge in [0.05, 0.1) is 0 Å². The average molecular weight is 175 g/mol. The third-order valence-electron chi connectivity index (χ3n) is 2.57. The fourth-order valence-corrected chi connectivity index (χ4v) is 4.72. The molecule has 0 unspecified atom stereocenters. The molecule has 1 rings (SSSR count). The van der Waals surface area contributed by atoms with E-state index in [1.54, 1.807) is 7.11 Å². The molecule has 0 radical (unpaired) electrons. The average Bonchev–Trinajstić information content (AvgIpc) is 1.85. The van der Waals surface area contributed by atoms with Gasteiger partial charge < -0.3 is 0 Å². The van der Waals surface area contributed by atoms with E-state index in [4.69, 9.17) is 8.85 Å². The van der Waals surface area contributed by atoms with Gasteiger partial charge in [-0.2, -0.15) is 0 Å². The Morgan fingerprint density at radius 3 is 2.45 bits per heavy atom. The first-order chi connectivity index (χ1) is 4.97. The summed E-state index contributed by atoms with van der Waals surface area (Å²) < 4.78 is 11.4. The van der Waals surface area contributed by atoms with Crippen LogP contribution in [0.3, 0.4) is 0 Å². The van der Waals surface area contributed by atoms with E-state index in [0.717, 1.165) is 0 Å². The fraction of sp³-hybridized carbons (Fsp3) is 1.00. The Labute approximate surface area is 70.1 Å². The van der Waals surface area contributed by atoms with E-state index in [2.05, 4.69) is 20.4 Å². The van der Waals surface area contributed by atoms with Gasteiger partial charge in [-0.3, -0.25) is 0 Å². The summed E-state index contributed by atoms with van der Waals surface area (Å²) in [7, 11) is -0.242. The van der Waals surface area contributed by atoms with Gasteiger partial charge in [0.2, 0.25) is 0 Å². The molecule has 1 aliphatic rings. The van der Waals surface area contributed by atoms with E-state index in [9.17, 15) is 0 Å². The molecule has 1 fully saturated rings. The van der Waals surface area contributed by atoms with Crippen LogP contribution in [0.5, 0.6) is 0 Å². The molecule has 1 heterocycles. The standard InChI is InChI=1S/C8H19O2Si/c1-8(2)6-5-7-11(4,9-3)10-8/h11H,5-7H2,1-4H3/q-1. The maximum absolute atomic E-state index is 5.95. The zero-order valence-electron chi connectivity index (χ0n) is 8.02. The second-order valence-corrected chi connectivity index (χ2v) is 8.22. The summed E-state index contributed by atoms with van der Waals surface area (Å²) in [5.74, 6) is 0. The molecule has 1 aliphatic heterocycles. The summed E-state index contributed by atoms with van der Waals surface area (Å²) in [6, 6.07) is 1.17. The summed E-state index contributed by atoms with van der Waals surface area (Å²) in [5.41, 5.74) is 0.0632. The predicted octanol–water partition coefficient (Wildman–Crippen LogP) is 2.03. The molecule has 0 aromatic rings. The van der Waals surface area contributed by atoms with Crippen LogP contribution >= 0.6 is 0 Å². The van der Waals surface area contributed by atoms with E-state index >= 15 is 0 Å². The van der Waals surface area contributed by atoms with Crippen LogP contribution < -0.4 is 0 Å². The van der Waals surface area contributed by atoms with Crippen molar-refractivity contribution < 1.29 is 8.85 Å². The first-order valence-electron chi connectivity index (χ1n) is 4.42. The zero-order valence-corrected chi connectivity index (χ0v) is 9.17. The molecule has 1 saturated heterocycles. The van der Waals surface area contributed by atoms with Gasteiger partial charge in [-0.1, -0.05) is 0 Å². The SMILES string of the molecule is CO[SiH-]1(C)CCCC(C)(C)O1. The Bertz CT molecular complexity index is 147. The topological polar surface area (TPSA) is 18.5 Å². The molecule has 2 nitrogen and oxygen atoms in total. The van der Waals surface area contributed by atoms with Crippen molar-refractivity contribution in [1.82, 2.24) is 0 Å². The third kappa shape index (κ3) is 2.29. The van der Waals surface area contributed by atoms with E-state index in [1.165, 1.54) is 18.9 Å². The van der Waals surface area contributed by atoms with Crippen molar-refractivity contribution in [2.24, 2.45) is 0 Å². The van der Waals surface area contributed by atoms with Gasteiger partial charge in [-0.25, -0.2) is 0 Å². The molecule has 0 N–H and O–H groups in total. The van der Waals surface area contributed by atoms with Crippen molar-refractivity contribution in [3.8, 4) is 0 Å². The fourth-order valence-electron chi connectivity index (χ4n) is 1.86. The van der Waals surface area contributed by atoms with E-state index in [1.807, 2.05) is 0 Å². The van der Waals surface area contributed by atoms with Gasteiger partial charge in [0, 0.05) is 0 Å². The Morgan fingerprint density at radius 1 is 1.45 bits per heavy atom. The molecular weight excluding hydrogens is 156 g/mol. The van der Waals surface area contributed by atoms with Gasteiger partial charge in [0.25, 0.3) is 0 Å². The van der Waals surface area contributed by atoms with Crippen LogP contribution in [0.4, 0.5) is 0 Å². The Morgan fingerprint density at radius 2 is 2.09 bits per heavy atom. The number of hydrogen-bond acceptors (Lipinski definition) is 2. The first-order valence-corrected chi connectivity index (χ1v) is 7.34. The second-order valence-electron chi connectivity index (χ2n) is 4.31. The summed E-state index contributed by atoms with van der Waals surface area (Å²) in [5, 5.41) is 0. The summed E-state index contributed by atoms with van der Waals surface area (Å²) >= 11 is 0. The van der Waals surface area contributed by atoms with Crippen molar-refractivity contribution >= 4 is 8.56 Å². The molecule has 0 aliphatic carbocycles.